The predicted octanol–water partition coefficient (Wildman–Crippen LogP) is 1.93. The molecule has 88 valence electrons. The summed E-state index contributed by atoms with van der Waals surface area (Å²) >= 11 is 0. The predicted molar refractivity (Wildman–Crippen MR) is 55.4 cm³/mol. The lowest BCUT2D eigenvalue weighted by Crippen LogP contribution is -2.10. The standard InChI is InChI=1S/C9H8ClFO4S/c1-2-15-9(12)7-5-6(11)3-4-8(7)16(10,13)14/h3-5H,2H2,1H3. The summed E-state index contributed by atoms with van der Waals surface area (Å²) in [5.74, 6) is -1.67. The summed E-state index contributed by atoms with van der Waals surface area (Å²) in [7, 11) is 0.993. The van der Waals surface area contributed by atoms with Crippen molar-refractivity contribution in [1.82, 2.24) is 0 Å². The fourth-order valence-corrected chi connectivity index (χ4v) is 2.12. The van der Waals surface area contributed by atoms with Crippen LogP contribution >= 0.6 is 10.7 Å². The zero-order valence-electron chi connectivity index (χ0n) is 8.24. The summed E-state index contributed by atoms with van der Waals surface area (Å²) in [6, 6.07) is 2.59. The third-order valence-electron chi connectivity index (χ3n) is 1.70. The average molecular weight is 267 g/mol. The van der Waals surface area contributed by atoms with Crippen molar-refractivity contribution in [1.29, 1.82) is 0 Å². The minimum atomic E-state index is -4.11. The molecule has 0 bridgehead atoms. The van der Waals surface area contributed by atoms with E-state index in [1.807, 2.05) is 0 Å². The molecular weight excluding hydrogens is 259 g/mol. The first-order valence-corrected chi connectivity index (χ1v) is 6.58. The Balaban J connectivity index is 3.35. The largest absolute Gasteiger partial charge is 0.462 e. The molecule has 16 heavy (non-hydrogen) atoms. The van der Waals surface area contributed by atoms with Gasteiger partial charge >= 0.3 is 5.97 Å². The van der Waals surface area contributed by atoms with Crippen molar-refractivity contribution >= 4 is 25.7 Å². The molecule has 0 fully saturated rings. The maximum atomic E-state index is 12.9. The van der Waals surface area contributed by atoms with Gasteiger partial charge in [-0.25, -0.2) is 17.6 Å². The zero-order valence-corrected chi connectivity index (χ0v) is 9.81. The first kappa shape index (κ1) is 12.9. The Morgan fingerprint density at radius 1 is 1.50 bits per heavy atom. The summed E-state index contributed by atoms with van der Waals surface area (Å²) in [4.78, 5) is 10.9. The van der Waals surface area contributed by atoms with Gasteiger partial charge in [-0.3, -0.25) is 0 Å². The zero-order chi connectivity index (χ0) is 12.3. The van der Waals surface area contributed by atoms with Gasteiger partial charge in [0.2, 0.25) is 0 Å². The first-order valence-electron chi connectivity index (χ1n) is 4.27. The Morgan fingerprint density at radius 2 is 2.12 bits per heavy atom. The van der Waals surface area contributed by atoms with Crippen LogP contribution in [0.4, 0.5) is 4.39 Å². The van der Waals surface area contributed by atoms with Crippen LogP contribution in [0.3, 0.4) is 0 Å². The number of ether oxygens (including phenoxy) is 1. The third kappa shape index (κ3) is 2.93. The Morgan fingerprint density at radius 3 is 2.62 bits per heavy atom. The van der Waals surface area contributed by atoms with Crippen LogP contribution < -0.4 is 0 Å². The number of esters is 1. The SMILES string of the molecule is CCOC(=O)c1cc(F)ccc1S(=O)(=O)Cl. The molecule has 1 aromatic rings. The van der Waals surface area contributed by atoms with Gasteiger partial charge in [-0.1, -0.05) is 0 Å². The highest BCUT2D eigenvalue weighted by Gasteiger charge is 2.22. The van der Waals surface area contributed by atoms with Gasteiger partial charge in [0.1, 0.15) is 5.82 Å². The number of carbonyl (C=O) groups excluding carboxylic acids is 1. The second kappa shape index (κ2) is 4.80. The molecule has 0 aliphatic rings. The molecule has 4 nitrogen and oxygen atoms in total. The molecule has 0 aliphatic heterocycles. The van der Waals surface area contributed by atoms with Crippen LogP contribution in [0.1, 0.15) is 17.3 Å². The van der Waals surface area contributed by atoms with Crippen LogP contribution in [0.15, 0.2) is 23.1 Å². The van der Waals surface area contributed by atoms with Crippen LogP contribution in [0.25, 0.3) is 0 Å². The molecule has 0 atom stereocenters. The fraction of sp³-hybridized carbons (Fsp3) is 0.222. The van der Waals surface area contributed by atoms with E-state index < -0.39 is 31.3 Å². The monoisotopic (exact) mass is 266 g/mol. The van der Waals surface area contributed by atoms with Gasteiger partial charge in [0.15, 0.2) is 0 Å². The molecule has 7 heteroatoms. The highest BCUT2D eigenvalue weighted by molar-refractivity contribution is 8.13. The average Bonchev–Trinajstić information content (AvgIpc) is 2.16. The van der Waals surface area contributed by atoms with Crippen molar-refractivity contribution < 1.29 is 22.3 Å². The maximum absolute atomic E-state index is 12.9. The van der Waals surface area contributed by atoms with E-state index in [0.29, 0.717) is 0 Å². The van der Waals surface area contributed by atoms with Crippen molar-refractivity contribution in [3.63, 3.8) is 0 Å². The number of carbonyl (C=O) groups is 1. The van der Waals surface area contributed by atoms with E-state index in [1.54, 1.807) is 6.92 Å². The molecule has 0 unspecified atom stereocenters. The summed E-state index contributed by atoms with van der Waals surface area (Å²) in [5.41, 5.74) is -0.406. The highest BCUT2D eigenvalue weighted by atomic mass is 35.7. The van der Waals surface area contributed by atoms with E-state index >= 15 is 0 Å². The number of benzene rings is 1. The number of rotatable bonds is 3. The molecular formula is C9H8ClFO4S. The maximum Gasteiger partial charge on any atom is 0.339 e. The molecule has 0 radical (unpaired) electrons. The molecule has 0 saturated heterocycles. The molecule has 0 aromatic heterocycles. The Bertz CT molecular complexity index is 512. The van der Waals surface area contributed by atoms with Crippen LogP contribution in [-0.4, -0.2) is 21.0 Å². The lowest BCUT2D eigenvalue weighted by molar-refractivity contribution is 0.0521. The molecule has 0 spiro atoms. The normalized spacial score (nSPS) is 11.2. The smallest absolute Gasteiger partial charge is 0.339 e. The molecule has 0 heterocycles. The van der Waals surface area contributed by atoms with E-state index in [4.69, 9.17) is 10.7 Å². The van der Waals surface area contributed by atoms with E-state index in [0.717, 1.165) is 18.2 Å². The molecule has 0 aliphatic carbocycles. The van der Waals surface area contributed by atoms with Crippen molar-refractivity contribution in [2.75, 3.05) is 6.61 Å². The van der Waals surface area contributed by atoms with Gasteiger partial charge in [-0.15, -0.1) is 0 Å². The van der Waals surface area contributed by atoms with E-state index in [-0.39, 0.29) is 6.61 Å². The second-order valence-corrected chi connectivity index (χ2v) is 5.33. The van der Waals surface area contributed by atoms with E-state index in [1.165, 1.54) is 0 Å². The molecule has 0 amide bonds. The van der Waals surface area contributed by atoms with E-state index in [2.05, 4.69) is 4.74 Å². The van der Waals surface area contributed by atoms with Crippen LogP contribution in [-0.2, 0) is 13.8 Å². The molecule has 1 aromatic carbocycles. The minimum Gasteiger partial charge on any atom is -0.462 e. The lowest BCUT2D eigenvalue weighted by Gasteiger charge is -2.05. The lowest BCUT2D eigenvalue weighted by atomic mass is 10.2. The van der Waals surface area contributed by atoms with Crippen LogP contribution in [0.5, 0.6) is 0 Å². The highest BCUT2D eigenvalue weighted by Crippen LogP contribution is 2.21. The summed E-state index contributed by atoms with van der Waals surface area (Å²) in [6.07, 6.45) is 0. The van der Waals surface area contributed by atoms with Crippen LogP contribution in [0, 0.1) is 5.82 Å². The molecule has 0 saturated carbocycles. The first-order chi connectivity index (χ1) is 7.36. The Hall–Kier alpha value is -1.14. The van der Waals surface area contributed by atoms with Gasteiger partial charge in [-0.2, -0.15) is 0 Å². The number of hydrogen-bond acceptors (Lipinski definition) is 4. The Kier molecular flexibility index (Phi) is 3.88. The van der Waals surface area contributed by atoms with Crippen molar-refractivity contribution in [2.45, 2.75) is 11.8 Å². The molecule has 1 rings (SSSR count). The third-order valence-corrected chi connectivity index (χ3v) is 3.08. The van der Waals surface area contributed by atoms with Gasteiger partial charge < -0.3 is 4.74 Å². The quantitative estimate of drug-likeness (QED) is 0.620. The van der Waals surface area contributed by atoms with Gasteiger partial charge in [0.25, 0.3) is 9.05 Å². The minimum absolute atomic E-state index is 0.0527. The fourth-order valence-electron chi connectivity index (χ4n) is 1.08. The van der Waals surface area contributed by atoms with Crippen molar-refractivity contribution in [3.05, 3.63) is 29.6 Å². The van der Waals surface area contributed by atoms with E-state index in [9.17, 15) is 17.6 Å². The number of halogens is 2. The Labute approximate surface area is 96.4 Å². The van der Waals surface area contributed by atoms with Gasteiger partial charge in [0.05, 0.1) is 17.1 Å². The van der Waals surface area contributed by atoms with Crippen LogP contribution in [0.2, 0.25) is 0 Å². The van der Waals surface area contributed by atoms with Gasteiger partial charge in [-0.05, 0) is 25.1 Å². The summed E-state index contributed by atoms with van der Waals surface area (Å²) < 4.78 is 39.7. The van der Waals surface area contributed by atoms with Crippen molar-refractivity contribution in [3.8, 4) is 0 Å². The topological polar surface area (TPSA) is 60.4 Å². The number of hydrogen-bond donors (Lipinski definition) is 0. The van der Waals surface area contributed by atoms with Gasteiger partial charge in [0, 0.05) is 10.7 Å². The second-order valence-electron chi connectivity index (χ2n) is 2.80. The molecule has 0 N–H and O–H groups in total. The van der Waals surface area contributed by atoms with Crippen molar-refractivity contribution in [2.24, 2.45) is 0 Å². The summed E-state index contributed by atoms with van der Waals surface area (Å²) in [5, 5.41) is 0. The summed E-state index contributed by atoms with van der Waals surface area (Å²) in [6.45, 7) is 1.60.